The first-order valence-corrected chi connectivity index (χ1v) is 10.5. The fraction of sp³-hybridized carbons (Fsp3) is 0.333. The maximum absolute atomic E-state index is 12.5. The van der Waals surface area contributed by atoms with Gasteiger partial charge in [-0.2, -0.15) is 0 Å². The van der Waals surface area contributed by atoms with Crippen molar-refractivity contribution in [1.82, 2.24) is 5.32 Å². The molecule has 5 nitrogen and oxygen atoms in total. The van der Waals surface area contributed by atoms with Crippen LogP contribution in [0.3, 0.4) is 0 Å². The maximum Gasteiger partial charge on any atom is 0.340 e. The van der Waals surface area contributed by atoms with E-state index < -0.39 is 22.9 Å². The van der Waals surface area contributed by atoms with Crippen molar-refractivity contribution in [2.24, 2.45) is 0 Å². The Labute approximate surface area is 162 Å². The quantitative estimate of drug-likeness (QED) is 0.702. The lowest BCUT2D eigenvalue weighted by molar-refractivity contribution is -0.129. The maximum atomic E-state index is 12.5. The molecule has 0 unspecified atom stereocenters. The van der Waals surface area contributed by atoms with Crippen LogP contribution < -0.4 is 5.32 Å². The van der Waals surface area contributed by atoms with Gasteiger partial charge in [0, 0.05) is 6.26 Å². The fourth-order valence-corrected chi connectivity index (χ4v) is 3.48. The van der Waals surface area contributed by atoms with Gasteiger partial charge in [-0.3, -0.25) is 9.00 Å². The molecule has 3 atom stereocenters. The molecule has 144 valence electrons. The van der Waals surface area contributed by atoms with E-state index in [1.165, 1.54) is 13.2 Å². The van der Waals surface area contributed by atoms with Crippen LogP contribution in [-0.2, 0) is 20.3 Å². The van der Waals surface area contributed by atoms with Crippen molar-refractivity contribution >= 4 is 22.7 Å². The molecule has 0 heterocycles. The number of esters is 1. The van der Waals surface area contributed by atoms with E-state index in [1.807, 2.05) is 37.3 Å². The minimum atomic E-state index is -1.32. The molecule has 0 fully saturated rings. The van der Waals surface area contributed by atoms with Gasteiger partial charge in [0.05, 0.1) is 27.3 Å². The van der Waals surface area contributed by atoms with Gasteiger partial charge < -0.3 is 10.1 Å². The van der Waals surface area contributed by atoms with Crippen LogP contribution in [0.1, 0.15) is 48.7 Å². The second kappa shape index (κ2) is 10.0. The normalized spacial score (nSPS) is 14.0. The van der Waals surface area contributed by atoms with Gasteiger partial charge in [-0.25, -0.2) is 4.79 Å². The zero-order valence-corrected chi connectivity index (χ0v) is 16.6. The highest BCUT2D eigenvalue weighted by molar-refractivity contribution is 7.84. The van der Waals surface area contributed by atoms with Gasteiger partial charge in [0.1, 0.15) is 0 Å². The van der Waals surface area contributed by atoms with Gasteiger partial charge in [0.15, 0.2) is 6.10 Å². The molecule has 0 bridgehead atoms. The summed E-state index contributed by atoms with van der Waals surface area (Å²) < 4.78 is 17.1. The molecule has 2 rings (SSSR count). The third kappa shape index (κ3) is 5.76. The van der Waals surface area contributed by atoms with E-state index in [-0.39, 0.29) is 17.5 Å². The molecule has 27 heavy (non-hydrogen) atoms. The lowest BCUT2D eigenvalue weighted by Gasteiger charge is -2.21. The van der Waals surface area contributed by atoms with Gasteiger partial charge >= 0.3 is 5.97 Å². The second-order valence-electron chi connectivity index (χ2n) is 6.26. The highest BCUT2D eigenvalue weighted by Gasteiger charge is 2.23. The molecular weight excluding hydrogens is 362 g/mol. The monoisotopic (exact) mass is 387 g/mol. The molecule has 0 aromatic heterocycles. The molecule has 1 amide bonds. The molecule has 0 aliphatic carbocycles. The Bertz CT molecular complexity index is 807. The van der Waals surface area contributed by atoms with Crippen molar-refractivity contribution in [3.05, 3.63) is 65.7 Å². The molecule has 0 spiro atoms. The first-order chi connectivity index (χ1) is 12.9. The van der Waals surface area contributed by atoms with Crippen molar-refractivity contribution in [3.8, 4) is 0 Å². The van der Waals surface area contributed by atoms with Crippen LogP contribution in [0.5, 0.6) is 0 Å². The van der Waals surface area contributed by atoms with Crippen molar-refractivity contribution in [1.29, 1.82) is 0 Å². The van der Waals surface area contributed by atoms with Crippen molar-refractivity contribution in [3.63, 3.8) is 0 Å². The van der Waals surface area contributed by atoms with E-state index >= 15 is 0 Å². The average Bonchev–Trinajstić information content (AvgIpc) is 2.68. The van der Waals surface area contributed by atoms with Crippen LogP contribution in [0.4, 0.5) is 0 Å². The van der Waals surface area contributed by atoms with E-state index in [2.05, 4.69) is 5.32 Å². The number of amides is 1. The Morgan fingerprint density at radius 2 is 1.70 bits per heavy atom. The summed E-state index contributed by atoms with van der Waals surface area (Å²) in [4.78, 5) is 25.4. The lowest BCUT2D eigenvalue weighted by atomic mass is 10.0. The number of carbonyl (C=O) groups is 2. The Kier molecular flexibility index (Phi) is 7.73. The van der Waals surface area contributed by atoms with Crippen LogP contribution in [0.2, 0.25) is 0 Å². The number of carbonyl (C=O) groups excluding carboxylic acids is 2. The molecule has 0 radical (unpaired) electrons. The molecule has 1 N–H and O–H groups in total. The van der Waals surface area contributed by atoms with Crippen LogP contribution in [0.25, 0.3) is 0 Å². The molecular formula is C21H25NO4S. The van der Waals surface area contributed by atoms with E-state index in [1.54, 1.807) is 24.3 Å². The summed E-state index contributed by atoms with van der Waals surface area (Å²) in [6.07, 6.45) is 2.23. The minimum absolute atomic E-state index is 0.139. The summed E-state index contributed by atoms with van der Waals surface area (Å²) in [5, 5.41) is 2.95. The number of ether oxygens (including phenoxy) is 1. The van der Waals surface area contributed by atoms with Gasteiger partial charge in [-0.15, -0.1) is 0 Å². The first-order valence-electron chi connectivity index (χ1n) is 8.92. The van der Waals surface area contributed by atoms with E-state index in [9.17, 15) is 13.8 Å². The molecule has 2 aromatic rings. The smallest absolute Gasteiger partial charge is 0.340 e. The summed E-state index contributed by atoms with van der Waals surface area (Å²) in [7, 11) is -1.32. The van der Waals surface area contributed by atoms with E-state index in [4.69, 9.17) is 4.74 Å². The Morgan fingerprint density at radius 1 is 1.07 bits per heavy atom. The van der Waals surface area contributed by atoms with Crippen LogP contribution in [0.15, 0.2) is 59.5 Å². The minimum Gasteiger partial charge on any atom is -0.449 e. The van der Waals surface area contributed by atoms with Crippen molar-refractivity contribution in [2.45, 2.75) is 43.7 Å². The molecule has 0 saturated heterocycles. The summed E-state index contributed by atoms with van der Waals surface area (Å²) in [6, 6.07) is 16.1. The number of hydrogen-bond acceptors (Lipinski definition) is 4. The summed E-state index contributed by atoms with van der Waals surface area (Å²) in [5.74, 6) is -1.02. The summed E-state index contributed by atoms with van der Waals surface area (Å²) in [6.45, 7) is 3.58. The SMILES string of the molecule is CCC[C@H](NC(=O)[C@H](C)OC(=O)c1ccccc1[S@@](C)=O)c1ccccc1. The van der Waals surface area contributed by atoms with E-state index in [0.717, 1.165) is 18.4 Å². The first kappa shape index (κ1) is 20.8. The van der Waals surface area contributed by atoms with Gasteiger partial charge in [-0.05, 0) is 31.0 Å². The van der Waals surface area contributed by atoms with Crippen LogP contribution >= 0.6 is 0 Å². The third-order valence-corrected chi connectivity index (χ3v) is 5.14. The number of benzene rings is 2. The van der Waals surface area contributed by atoms with Gasteiger partial charge in [0.25, 0.3) is 5.91 Å². The van der Waals surface area contributed by atoms with Gasteiger partial charge in [0.2, 0.25) is 0 Å². The predicted octanol–water partition coefficient (Wildman–Crippen LogP) is 3.63. The zero-order chi connectivity index (χ0) is 19.8. The average molecular weight is 388 g/mol. The molecule has 2 aromatic carbocycles. The van der Waals surface area contributed by atoms with Crippen molar-refractivity contribution < 1.29 is 18.5 Å². The zero-order valence-electron chi connectivity index (χ0n) is 15.8. The Hall–Kier alpha value is -2.47. The fourth-order valence-electron chi connectivity index (χ4n) is 2.75. The second-order valence-corrected chi connectivity index (χ2v) is 7.61. The molecule has 0 aliphatic heterocycles. The van der Waals surface area contributed by atoms with Crippen LogP contribution in [0, 0.1) is 0 Å². The van der Waals surface area contributed by atoms with Gasteiger partial charge in [-0.1, -0.05) is 55.8 Å². The molecule has 0 saturated carbocycles. The number of nitrogens with one attached hydrogen (secondary N) is 1. The topological polar surface area (TPSA) is 72.5 Å². The van der Waals surface area contributed by atoms with Crippen LogP contribution in [-0.4, -0.2) is 28.4 Å². The number of rotatable bonds is 8. The summed E-state index contributed by atoms with van der Waals surface area (Å²) in [5.41, 5.74) is 1.23. The largest absolute Gasteiger partial charge is 0.449 e. The Balaban J connectivity index is 2.06. The lowest BCUT2D eigenvalue weighted by Crippen LogP contribution is -2.38. The standard InChI is InChI=1S/C21H25NO4S/c1-4-10-18(16-11-6-5-7-12-16)22-20(23)15(2)26-21(24)17-13-8-9-14-19(17)27(3)25/h5-9,11-15,18H,4,10H2,1-3H3,(H,22,23)/t15-,18-,27+/m0/s1. The van der Waals surface area contributed by atoms with E-state index in [0.29, 0.717) is 4.90 Å². The predicted molar refractivity (Wildman–Crippen MR) is 106 cm³/mol. The summed E-state index contributed by atoms with van der Waals surface area (Å²) >= 11 is 0. The van der Waals surface area contributed by atoms with Crippen molar-refractivity contribution in [2.75, 3.05) is 6.26 Å². The Morgan fingerprint density at radius 3 is 2.33 bits per heavy atom. The highest BCUT2D eigenvalue weighted by atomic mass is 32.2. The number of hydrogen-bond donors (Lipinski definition) is 1. The highest BCUT2D eigenvalue weighted by Crippen LogP contribution is 2.19. The molecule has 0 aliphatic rings. The molecule has 6 heteroatoms. The third-order valence-electron chi connectivity index (χ3n) is 4.17.